The van der Waals surface area contributed by atoms with Crippen molar-refractivity contribution in [2.45, 2.75) is 13.5 Å². The number of para-hydroxylation sites is 2. The fourth-order valence-electron chi connectivity index (χ4n) is 1.77. The molecule has 1 aromatic heterocycles. The molecular formula is C15H17NO3. The van der Waals surface area contributed by atoms with Gasteiger partial charge in [0.05, 0.1) is 13.2 Å². The first-order chi connectivity index (χ1) is 9.33. The van der Waals surface area contributed by atoms with Gasteiger partial charge < -0.3 is 14.0 Å². The maximum absolute atomic E-state index is 10.6. The van der Waals surface area contributed by atoms with Gasteiger partial charge in [-0.3, -0.25) is 4.79 Å². The number of carbonyl (C=O) groups excluding carboxylic acids is 1. The van der Waals surface area contributed by atoms with Crippen LogP contribution in [0.2, 0.25) is 0 Å². The Morgan fingerprint density at radius 2 is 1.89 bits per heavy atom. The molecule has 1 aromatic carbocycles. The van der Waals surface area contributed by atoms with Crippen molar-refractivity contribution < 1.29 is 14.3 Å². The van der Waals surface area contributed by atoms with E-state index in [2.05, 4.69) is 0 Å². The Balaban J connectivity index is 1.90. The zero-order valence-corrected chi connectivity index (χ0v) is 10.9. The first-order valence-corrected chi connectivity index (χ1v) is 6.29. The van der Waals surface area contributed by atoms with E-state index in [1.54, 1.807) is 12.3 Å². The maximum atomic E-state index is 10.6. The summed E-state index contributed by atoms with van der Waals surface area (Å²) in [6.07, 6.45) is 4.49. The molecule has 0 saturated heterocycles. The van der Waals surface area contributed by atoms with Crippen molar-refractivity contribution >= 4 is 6.29 Å². The molecule has 100 valence electrons. The molecule has 0 fully saturated rings. The highest BCUT2D eigenvalue weighted by Crippen LogP contribution is 2.26. The molecular weight excluding hydrogens is 242 g/mol. The predicted molar refractivity (Wildman–Crippen MR) is 72.9 cm³/mol. The minimum Gasteiger partial charge on any atom is -0.490 e. The summed E-state index contributed by atoms with van der Waals surface area (Å²) in [5.74, 6) is 1.50. The summed E-state index contributed by atoms with van der Waals surface area (Å²) in [7, 11) is 0. The topological polar surface area (TPSA) is 40.5 Å². The van der Waals surface area contributed by atoms with Gasteiger partial charge in [0.1, 0.15) is 6.61 Å². The number of rotatable bonds is 7. The van der Waals surface area contributed by atoms with Crippen LogP contribution in [-0.4, -0.2) is 24.1 Å². The van der Waals surface area contributed by atoms with Crippen LogP contribution in [-0.2, 0) is 6.54 Å². The Morgan fingerprint density at radius 1 is 1.16 bits per heavy atom. The molecule has 0 radical (unpaired) electrons. The van der Waals surface area contributed by atoms with Gasteiger partial charge in [-0.1, -0.05) is 12.1 Å². The third-order valence-electron chi connectivity index (χ3n) is 2.67. The van der Waals surface area contributed by atoms with E-state index in [-0.39, 0.29) is 0 Å². The fraction of sp³-hybridized carbons (Fsp3) is 0.267. The Bertz CT molecular complexity index is 534. The van der Waals surface area contributed by atoms with Crippen molar-refractivity contribution in [1.29, 1.82) is 0 Å². The molecule has 19 heavy (non-hydrogen) atoms. The Kier molecular flexibility index (Phi) is 4.61. The van der Waals surface area contributed by atoms with Crippen molar-refractivity contribution in [1.82, 2.24) is 4.57 Å². The third kappa shape index (κ3) is 3.61. The molecule has 4 heteroatoms. The third-order valence-corrected chi connectivity index (χ3v) is 2.67. The normalized spacial score (nSPS) is 10.2. The highest BCUT2D eigenvalue weighted by Gasteiger charge is 2.03. The summed E-state index contributed by atoms with van der Waals surface area (Å²) in [5.41, 5.74) is 0.676. The van der Waals surface area contributed by atoms with Crippen molar-refractivity contribution in [3.8, 4) is 11.5 Å². The summed E-state index contributed by atoms with van der Waals surface area (Å²) in [6.45, 7) is 3.77. The number of benzene rings is 1. The number of hydrogen-bond donors (Lipinski definition) is 0. The van der Waals surface area contributed by atoms with Gasteiger partial charge in [0.15, 0.2) is 17.8 Å². The van der Waals surface area contributed by atoms with Gasteiger partial charge in [0.2, 0.25) is 0 Å². The molecule has 4 nitrogen and oxygen atoms in total. The lowest BCUT2D eigenvalue weighted by Crippen LogP contribution is -2.07. The number of aldehydes is 1. The zero-order chi connectivity index (χ0) is 13.5. The lowest BCUT2D eigenvalue weighted by molar-refractivity contribution is 0.112. The van der Waals surface area contributed by atoms with Crippen molar-refractivity contribution in [2.75, 3.05) is 13.2 Å². The van der Waals surface area contributed by atoms with E-state index in [0.717, 1.165) is 17.8 Å². The van der Waals surface area contributed by atoms with Gasteiger partial charge in [0, 0.05) is 18.0 Å². The average molecular weight is 259 g/mol. The number of nitrogens with zero attached hydrogens (tertiary/aromatic N) is 1. The highest BCUT2D eigenvalue weighted by atomic mass is 16.5. The van der Waals surface area contributed by atoms with Crippen LogP contribution in [0.15, 0.2) is 42.7 Å². The minimum atomic E-state index is 0.525. The fourth-order valence-corrected chi connectivity index (χ4v) is 1.77. The molecule has 0 aliphatic heterocycles. The standard InChI is InChI=1S/C15H17NO3/c1-2-18-14-5-3-4-6-15(14)19-10-9-16-8-7-13(11-16)12-17/h3-8,11-12H,2,9-10H2,1H3. The maximum Gasteiger partial charge on any atom is 0.161 e. The molecule has 0 saturated carbocycles. The van der Waals surface area contributed by atoms with Crippen LogP contribution in [0, 0.1) is 0 Å². The molecule has 2 rings (SSSR count). The smallest absolute Gasteiger partial charge is 0.161 e. The Labute approximate surface area is 112 Å². The van der Waals surface area contributed by atoms with Gasteiger partial charge in [-0.15, -0.1) is 0 Å². The molecule has 0 aliphatic rings. The average Bonchev–Trinajstić information content (AvgIpc) is 2.89. The van der Waals surface area contributed by atoms with Gasteiger partial charge in [-0.25, -0.2) is 0 Å². The van der Waals surface area contributed by atoms with E-state index in [1.807, 2.05) is 42.0 Å². The minimum absolute atomic E-state index is 0.525. The lowest BCUT2D eigenvalue weighted by atomic mass is 10.3. The van der Waals surface area contributed by atoms with Crippen LogP contribution < -0.4 is 9.47 Å². The quantitative estimate of drug-likeness (QED) is 0.718. The summed E-state index contributed by atoms with van der Waals surface area (Å²) in [4.78, 5) is 10.6. The highest BCUT2D eigenvalue weighted by molar-refractivity contribution is 5.74. The SMILES string of the molecule is CCOc1ccccc1OCCn1ccc(C=O)c1. The molecule has 1 heterocycles. The lowest BCUT2D eigenvalue weighted by Gasteiger charge is -2.11. The molecule has 0 bridgehead atoms. The first kappa shape index (κ1) is 13.2. The van der Waals surface area contributed by atoms with Gasteiger partial charge in [0.25, 0.3) is 0 Å². The summed E-state index contributed by atoms with van der Waals surface area (Å²) in [6, 6.07) is 9.38. The second-order valence-electron chi connectivity index (χ2n) is 4.03. The van der Waals surface area contributed by atoms with E-state index < -0.39 is 0 Å². The van der Waals surface area contributed by atoms with Crippen molar-refractivity contribution in [3.63, 3.8) is 0 Å². The molecule has 0 atom stereocenters. The van der Waals surface area contributed by atoms with Crippen LogP contribution in [0.1, 0.15) is 17.3 Å². The van der Waals surface area contributed by atoms with E-state index in [1.165, 1.54) is 0 Å². The van der Waals surface area contributed by atoms with Crippen LogP contribution in [0.25, 0.3) is 0 Å². The van der Waals surface area contributed by atoms with Crippen molar-refractivity contribution in [2.24, 2.45) is 0 Å². The molecule has 2 aromatic rings. The summed E-state index contributed by atoms with van der Waals surface area (Å²) in [5, 5.41) is 0. The van der Waals surface area contributed by atoms with E-state index >= 15 is 0 Å². The number of aromatic nitrogens is 1. The second kappa shape index (κ2) is 6.64. The molecule has 0 spiro atoms. The van der Waals surface area contributed by atoms with Gasteiger partial charge in [-0.2, -0.15) is 0 Å². The zero-order valence-electron chi connectivity index (χ0n) is 10.9. The number of hydrogen-bond acceptors (Lipinski definition) is 3. The van der Waals surface area contributed by atoms with Crippen molar-refractivity contribution in [3.05, 3.63) is 48.3 Å². The number of ether oxygens (including phenoxy) is 2. The van der Waals surface area contributed by atoms with Crippen LogP contribution >= 0.6 is 0 Å². The van der Waals surface area contributed by atoms with Crippen LogP contribution in [0.4, 0.5) is 0 Å². The molecule has 0 unspecified atom stereocenters. The van der Waals surface area contributed by atoms with E-state index in [4.69, 9.17) is 9.47 Å². The Morgan fingerprint density at radius 3 is 2.53 bits per heavy atom. The van der Waals surface area contributed by atoms with Crippen LogP contribution in [0.3, 0.4) is 0 Å². The Hall–Kier alpha value is -2.23. The number of carbonyl (C=O) groups is 1. The van der Waals surface area contributed by atoms with Gasteiger partial charge in [-0.05, 0) is 25.1 Å². The summed E-state index contributed by atoms with van der Waals surface area (Å²) >= 11 is 0. The predicted octanol–water partition coefficient (Wildman–Crippen LogP) is 2.78. The van der Waals surface area contributed by atoms with Crippen LogP contribution in [0.5, 0.6) is 11.5 Å². The van der Waals surface area contributed by atoms with E-state index in [0.29, 0.717) is 25.3 Å². The van der Waals surface area contributed by atoms with Gasteiger partial charge >= 0.3 is 0 Å². The largest absolute Gasteiger partial charge is 0.490 e. The monoisotopic (exact) mass is 259 g/mol. The molecule has 0 amide bonds. The second-order valence-corrected chi connectivity index (χ2v) is 4.03. The molecule has 0 N–H and O–H groups in total. The van der Waals surface area contributed by atoms with E-state index in [9.17, 15) is 4.79 Å². The summed E-state index contributed by atoms with van der Waals surface area (Å²) < 4.78 is 13.1. The molecule has 0 aliphatic carbocycles. The first-order valence-electron chi connectivity index (χ1n) is 6.29.